The first-order valence-corrected chi connectivity index (χ1v) is 8.60. The number of nitrogens with zero attached hydrogens (tertiary/aromatic N) is 2. The second-order valence-corrected chi connectivity index (χ2v) is 6.32. The number of hydrogen-bond acceptors (Lipinski definition) is 4. The Labute approximate surface area is 157 Å². The van der Waals surface area contributed by atoms with Crippen LogP contribution in [0, 0.1) is 13.8 Å². The summed E-state index contributed by atoms with van der Waals surface area (Å²) in [6, 6.07) is 15.0. The fourth-order valence-corrected chi connectivity index (χ4v) is 2.66. The van der Waals surface area contributed by atoms with Gasteiger partial charge in [0.2, 0.25) is 5.95 Å². The third-order valence-corrected chi connectivity index (χ3v) is 4.51. The zero-order chi connectivity index (χ0) is 18.5. The minimum atomic E-state index is -0.309. The first-order valence-electron chi connectivity index (χ1n) is 8.22. The molecule has 5 nitrogen and oxygen atoms in total. The van der Waals surface area contributed by atoms with Crippen LogP contribution in [0.4, 0.5) is 11.6 Å². The second kappa shape index (κ2) is 7.97. The lowest BCUT2D eigenvalue weighted by molar-refractivity contribution is 0.102. The quantitative estimate of drug-likeness (QED) is 0.691. The second-order valence-electron chi connectivity index (χ2n) is 5.91. The molecular formula is C20H19ClN4O. The van der Waals surface area contributed by atoms with Gasteiger partial charge in [-0.15, -0.1) is 0 Å². The van der Waals surface area contributed by atoms with Gasteiger partial charge in [0.25, 0.3) is 5.91 Å². The third-order valence-electron chi connectivity index (χ3n) is 4.10. The molecule has 1 amide bonds. The number of anilines is 2. The molecule has 0 aliphatic carbocycles. The number of aryl methyl sites for hydroxylation is 1. The molecular weight excluding hydrogens is 348 g/mol. The Kier molecular flexibility index (Phi) is 5.49. The number of hydrogen-bond donors (Lipinski definition) is 2. The van der Waals surface area contributed by atoms with Gasteiger partial charge in [0, 0.05) is 23.5 Å². The van der Waals surface area contributed by atoms with Crippen molar-refractivity contribution in [2.75, 3.05) is 10.6 Å². The first kappa shape index (κ1) is 17.9. The summed E-state index contributed by atoms with van der Waals surface area (Å²) in [4.78, 5) is 21.0. The van der Waals surface area contributed by atoms with Crippen LogP contribution in [0.15, 0.2) is 54.7 Å². The van der Waals surface area contributed by atoms with E-state index in [4.69, 9.17) is 11.6 Å². The van der Waals surface area contributed by atoms with Crippen LogP contribution in [-0.2, 0) is 6.54 Å². The molecule has 132 valence electrons. The van der Waals surface area contributed by atoms with Crippen molar-refractivity contribution in [3.05, 3.63) is 82.1 Å². The Morgan fingerprint density at radius 2 is 1.88 bits per heavy atom. The first-order chi connectivity index (χ1) is 12.5. The smallest absolute Gasteiger partial charge is 0.274 e. The maximum absolute atomic E-state index is 12.5. The van der Waals surface area contributed by atoms with Crippen molar-refractivity contribution < 1.29 is 4.79 Å². The largest absolute Gasteiger partial charge is 0.350 e. The van der Waals surface area contributed by atoms with E-state index >= 15 is 0 Å². The van der Waals surface area contributed by atoms with E-state index in [9.17, 15) is 4.79 Å². The van der Waals surface area contributed by atoms with E-state index in [1.165, 1.54) is 5.56 Å². The highest BCUT2D eigenvalue weighted by Gasteiger charge is 2.11. The molecule has 6 heteroatoms. The average Bonchev–Trinajstić information content (AvgIpc) is 2.65. The van der Waals surface area contributed by atoms with E-state index in [2.05, 4.69) is 33.6 Å². The Bertz CT molecular complexity index is 943. The predicted octanol–water partition coefficient (Wildman–Crippen LogP) is 4.61. The number of carbonyl (C=O) groups excluding carboxylic acids is 1. The van der Waals surface area contributed by atoms with Crippen molar-refractivity contribution >= 4 is 29.1 Å². The van der Waals surface area contributed by atoms with Crippen LogP contribution in [-0.4, -0.2) is 15.9 Å². The van der Waals surface area contributed by atoms with Crippen molar-refractivity contribution in [2.45, 2.75) is 20.4 Å². The number of benzene rings is 2. The lowest BCUT2D eigenvalue weighted by Gasteiger charge is -2.10. The maximum Gasteiger partial charge on any atom is 0.274 e. The standard InChI is InChI=1S/C20H19ClN4O/c1-13-6-3-4-7-15(13)12-23-20-22-11-10-18(25-20)19(26)24-17-9-5-8-16(21)14(17)2/h3-11H,12H2,1-2H3,(H,24,26)(H,22,23,25). The summed E-state index contributed by atoms with van der Waals surface area (Å²) in [5.41, 5.74) is 4.10. The molecule has 0 spiro atoms. The minimum absolute atomic E-state index is 0.284. The molecule has 0 atom stereocenters. The van der Waals surface area contributed by atoms with E-state index in [1.807, 2.05) is 25.1 Å². The van der Waals surface area contributed by atoms with Gasteiger partial charge in [-0.2, -0.15) is 0 Å². The van der Waals surface area contributed by atoms with Crippen molar-refractivity contribution in [3.8, 4) is 0 Å². The summed E-state index contributed by atoms with van der Waals surface area (Å²) in [5, 5.41) is 6.60. The summed E-state index contributed by atoms with van der Waals surface area (Å²) in [6.45, 7) is 4.49. The van der Waals surface area contributed by atoms with Crippen molar-refractivity contribution in [1.29, 1.82) is 0 Å². The fraction of sp³-hybridized carbons (Fsp3) is 0.150. The molecule has 3 rings (SSSR count). The van der Waals surface area contributed by atoms with Crippen molar-refractivity contribution in [1.82, 2.24) is 9.97 Å². The van der Waals surface area contributed by atoms with Gasteiger partial charge in [0.05, 0.1) is 0 Å². The van der Waals surface area contributed by atoms with E-state index < -0.39 is 0 Å². The van der Waals surface area contributed by atoms with Crippen LogP contribution >= 0.6 is 11.6 Å². The lowest BCUT2D eigenvalue weighted by Crippen LogP contribution is -2.16. The van der Waals surface area contributed by atoms with Gasteiger partial charge in [-0.25, -0.2) is 9.97 Å². The summed E-state index contributed by atoms with van der Waals surface area (Å²) in [5.74, 6) is 0.0976. The highest BCUT2D eigenvalue weighted by molar-refractivity contribution is 6.31. The third kappa shape index (κ3) is 4.18. The van der Waals surface area contributed by atoms with Gasteiger partial charge >= 0.3 is 0 Å². The predicted molar refractivity (Wildman–Crippen MR) is 105 cm³/mol. The molecule has 0 radical (unpaired) electrons. The van der Waals surface area contributed by atoms with Gasteiger partial charge < -0.3 is 10.6 Å². The molecule has 0 unspecified atom stereocenters. The minimum Gasteiger partial charge on any atom is -0.350 e. The molecule has 3 aromatic rings. The van der Waals surface area contributed by atoms with Gasteiger partial charge in [0.1, 0.15) is 5.69 Å². The van der Waals surface area contributed by atoms with Crippen LogP contribution < -0.4 is 10.6 Å². The molecule has 2 aromatic carbocycles. The SMILES string of the molecule is Cc1ccccc1CNc1nccc(C(=O)Nc2cccc(Cl)c2C)n1. The molecule has 0 saturated carbocycles. The number of halogens is 1. The highest BCUT2D eigenvalue weighted by atomic mass is 35.5. The molecule has 0 aliphatic heterocycles. The summed E-state index contributed by atoms with van der Waals surface area (Å²) >= 11 is 6.09. The topological polar surface area (TPSA) is 66.9 Å². The summed E-state index contributed by atoms with van der Waals surface area (Å²) in [7, 11) is 0. The average molecular weight is 367 g/mol. The van der Waals surface area contributed by atoms with Crippen LogP contribution in [0.2, 0.25) is 5.02 Å². The molecule has 0 fully saturated rings. The lowest BCUT2D eigenvalue weighted by atomic mass is 10.1. The Balaban J connectivity index is 1.71. The normalized spacial score (nSPS) is 10.4. The highest BCUT2D eigenvalue weighted by Crippen LogP contribution is 2.23. The maximum atomic E-state index is 12.5. The van der Waals surface area contributed by atoms with E-state index in [0.717, 1.165) is 11.1 Å². The van der Waals surface area contributed by atoms with Crippen molar-refractivity contribution in [2.24, 2.45) is 0 Å². The monoisotopic (exact) mass is 366 g/mol. The molecule has 0 bridgehead atoms. The molecule has 1 aromatic heterocycles. The Hall–Kier alpha value is -2.92. The van der Waals surface area contributed by atoms with E-state index in [1.54, 1.807) is 30.5 Å². The zero-order valence-corrected chi connectivity index (χ0v) is 15.3. The van der Waals surface area contributed by atoms with Gasteiger partial charge in [-0.05, 0) is 48.7 Å². The van der Waals surface area contributed by atoms with Crippen LogP contribution in [0.3, 0.4) is 0 Å². The number of carbonyl (C=O) groups is 1. The van der Waals surface area contributed by atoms with Gasteiger partial charge in [0.15, 0.2) is 0 Å². The molecule has 1 heterocycles. The number of rotatable bonds is 5. The number of aromatic nitrogens is 2. The van der Waals surface area contributed by atoms with E-state index in [-0.39, 0.29) is 11.6 Å². The fourth-order valence-electron chi connectivity index (χ4n) is 2.48. The molecule has 26 heavy (non-hydrogen) atoms. The summed E-state index contributed by atoms with van der Waals surface area (Å²) < 4.78 is 0. The molecule has 0 aliphatic rings. The van der Waals surface area contributed by atoms with Crippen LogP contribution in [0.1, 0.15) is 27.2 Å². The number of amides is 1. The van der Waals surface area contributed by atoms with Gasteiger partial charge in [-0.1, -0.05) is 41.9 Å². The molecule has 2 N–H and O–H groups in total. The summed E-state index contributed by atoms with van der Waals surface area (Å²) in [6.07, 6.45) is 1.56. The Morgan fingerprint density at radius 1 is 1.08 bits per heavy atom. The Morgan fingerprint density at radius 3 is 2.69 bits per heavy atom. The van der Waals surface area contributed by atoms with Gasteiger partial charge in [-0.3, -0.25) is 4.79 Å². The van der Waals surface area contributed by atoms with Crippen LogP contribution in [0.25, 0.3) is 0 Å². The van der Waals surface area contributed by atoms with Crippen LogP contribution in [0.5, 0.6) is 0 Å². The zero-order valence-electron chi connectivity index (χ0n) is 14.6. The van der Waals surface area contributed by atoms with Crippen molar-refractivity contribution in [3.63, 3.8) is 0 Å². The molecule has 0 saturated heterocycles. The number of nitrogens with one attached hydrogen (secondary N) is 2. The van der Waals surface area contributed by atoms with E-state index in [0.29, 0.717) is 23.2 Å².